The third kappa shape index (κ3) is 5.68. The highest BCUT2D eigenvalue weighted by atomic mass is 16.3. The summed E-state index contributed by atoms with van der Waals surface area (Å²) in [6.07, 6.45) is 7.46. The molecule has 3 heteroatoms. The maximum absolute atomic E-state index is 10.0. The molecule has 0 spiro atoms. The van der Waals surface area contributed by atoms with Crippen LogP contribution in [-0.2, 0) is 0 Å². The monoisotopic (exact) mass is 256 g/mol. The Hall–Kier alpha value is -0.120. The number of nitrogens with two attached hydrogens (primary N) is 1. The van der Waals surface area contributed by atoms with Gasteiger partial charge in [-0.1, -0.05) is 26.7 Å². The summed E-state index contributed by atoms with van der Waals surface area (Å²) in [5, 5.41) is 10.0. The second-order valence-corrected chi connectivity index (χ2v) is 6.61. The molecule has 1 aliphatic rings. The van der Waals surface area contributed by atoms with Gasteiger partial charge in [0.05, 0.1) is 5.60 Å². The molecule has 0 aromatic carbocycles. The first-order valence-corrected chi connectivity index (χ1v) is 7.61. The zero-order valence-electron chi connectivity index (χ0n) is 12.5. The second-order valence-electron chi connectivity index (χ2n) is 6.61. The van der Waals surface area contributed by atoms with Crippen molar-refractivity contribution < 1.29 is 5.11 Å². The predicted molar refractivity (Wildman–Crippen MR) is 77.6 cm³/mol. The van der Waals surface area contributed by atoms with Crippen molar-refractivity contribution in [2.75, 3.05) is 19.6 Å². The van der Waals surface area contributed by atoms with Crippen molar-refractivity contribution in [3.8, 4) is 0 Å². The molecule has 18 heavy (non-hydrogen) atoms. The highest BCUT2D eigenvalue weighted by Crippen LogP contribution is 2.25. The fourth-order valence-electron chi connectivity index (χ4n) is 2.66. The topological polar surface area (TPSA) is 49.5 Å². The minimum Gasteiger partial charge on any atom is -0.389 e. The van der Waals surface area contributed by atoms with Crippen molar-refractivity contribution >= 4 is 0 Å². The van der Waals surface area contributed by atoms with Crippen LogP contribution in [0, 0.1) is 5.92 Å². The van der Waals surface area contributed by atoms with Gasteiger partial charge >= 0.3 is 0 Å². The van der Waals surface area contributed by atoms with Crippen LogP contribution in [0.3, 0.4) is 0 Å². The lowest BCUT2D eigenvalue weighted by atomic mass is 10.0. The molecule has 1 aliphatic carbocycles. The second kappa shape index (κ2) is 7.46. The number of hydrogen-bond donors (Lipinski definition) is 2. The first kappa shape index (κ1) is 15.9. The van der Waals surface area contributed by atoms with E-state index >= 15 is 0 Å². The molecule has 3 nitrogen and oxygen atoms in total. The van der Waals surface area contributed by atoms with Crippen LogP contribution >= 0.6 is 0 Å². The summed E-state index contributed by atoms with van der Waals surface area (Å²) >= 11 is 0. The standard InChI is InChI=1S/C15H32N2O/c1-13(2)8-10-17(14-6-4-5-7-14)11-9-15(3,18)12-16/h13-14,18H,4-12,16H2,1-3H3. The summed E-state index contributed by atoms with van der Waals surface area (Å²) in [5.41, 5.74) is 4.90. The molecule has 1 fully saturated rings. The largest absolute Gasteiger partial charge is 0.389 e. The van der Waals surface area contributed by atoms with Crippen molar-refractivity contribution in [1.82, 2.24) is 4.90 Å². The lowest BCUT2D eigenvalue weighted by Crippen LogP contribution is -2.42. The fraction of sp³-hybridized carbons (Fsp3) is 1.00. The molecule has 1 unspecified atom stereocenters. The zero-order chi connectivity index (χ0) is 13.6. The molecule has 0 aromatic rings. The van der Waals surface area contributed by atoms with Gasteiger partial charge in [-0.25, -0.2) is 0 Å². The highest BCUT2D eigenvalue weighted by Gasteiger charge is 2.25. The SMILES string of the molecule is CC(C)CCN(CCC(C)(O)CN)C1CCCC1. The quantitative estimate of drug-likeness (QED) is 0.701. The van der Waals surface area contributed by atoms with Crippen LogP contribution in [0.2, 0.25) is 0 Å². The lowest BCUT2D eigenvalue weighted by Gasteiger charge is -2.32. The van der Waals surface area contributed by atoms with Gasteiger partial charge in [0.15, 0.2) is 0 Å². The van der Waals surface area contributed by atoms with Gasteiger partial charge in [0.25, 0.3) is 0 Å². The van der Waals surface area contributed by atoms with Gasteiger partial charge in [0.1, 0.15) is 0 Å². The first-order chi connectivity index (χ1) is 8.44. The molecule has 1 saturated carbocycles. The summed E-state index contributed by atoms with van der Waals surface area (Å²) < 4.78 is 0. The van der Waals surface area contributed by atoms with Crippen molar-refractivity contribution in [3.63, 3.8) is 0 Å². The third-order valence-electron chi connectivity index (χ3n) is 4.21. The Bertz CT molecular complexity index is 223. The Morgan fingerprint density at radius 2 is 1.89 bits per heavy atom. The molecule has 0 saturated heterocycles. The van der Waals surface area contributed by atoms with E-state index in [1.54, 1.807) is 0 Å². The number of nitrogens with zero attached hydrogens (tertiary/aromatic N) is 1. The molecule has 0 bridgehead atoms. The maximum Gasteiger partial charge on any atom is 0.0753 e. The lowest BCUT2D eigenvalue weighted by molar-refractivity contribution is 0.0409. The summed E-state index contributed by atoms with van der Waals surface area (Å²) in [4.78, 5) is 2.59. The van der Waals surface area contributed by atoms with Crippen LogP contribution in [0.5, 0.6) is 0 Å². The van der Waals surface area contributed by atoms with Gasteiger partial charge in [-0.2, -0.15) is 0 Å². The third-order valence-corrected chi connectivity index (χ3v) is 4.21. The van der Waals surface area contributed by atoms with E-state index in [0.29, 0.717) is 6.54 Å². The summed E-state index contributed by atoms with van der Waals surface area (Å²) in [6.45, 7) is 8.92. The molecular formula is C15H32N2O. The molecule has 108 valence electrons. The minimum absolute atomic E-state index is 0.357. The van der Waals surface area contributed by atoms with Crippen molar-refractivity contribution in [1.29, 1.82) is 0 Å². The normalized spacial score (nSPS) is 20.8. The van der Waals surface area contributed by atoms with E-state index in [-0.39, 0.29) is 0 Å². The Kier molecular flexibility index (Phi) is 6.61. The molecular weight excluding hydrogens is 224 g/mol. The zero-order valence-corrected chi connectivity index (χ0v) is 12.5. The summed E-state index contributed by atoms with van der Waals surface area (Å²) in [6, 6.07) is 0.748. The van der Waals surface area contributed by atoms with Crippen LogP contribution in [0.15, 0.2) is 0 Å². The van der Waals surface area contributed by atoms with Gasteiger partial charge < -0.3 is 15.7 Å². The minimum atomic E-state index is -0.700. The van der Waals surface area contributed by atoms with E-state index in [0.717, 1.165) is 24.9 Å². The van der Waals surface area contributed by atoms with E-state index < -0.39 is 5.60 Å². The molecule has 0 heterocycles. The van der Waals surface area contributed by atoms with E-state index in [1.807, 2.05) is 6.92 Å². The average Bonchev–Trinajstić information content (AvgIpc) is 2.82. The molecule has 0 radical (unpaired) electrons. The van der Waals surface area contributed by atoms with Crippen molar-refractivity contribution in [2.24, 2.45) is 11.7 Å². The summed E-state index contributed by atoms with van der Waals surface area (Å²) in [7, 11) is 0. The van der Waals surface area contributed by atoms with E-state index in [9.17, 15) is 5.11 Å². The van der Waals surface area contributed by atoms with E-state index in [2.05, 4.69) is 18.7 Å². The smallest absolute Gasteiger partial charge is 0.0753 e. The van der Waals surface area contributed by atoms with Crippen LogP contribution in [0.4, 0.5) is 0 Å². The van der Waals surface area contributed by atoms with E-state index in [1.165, 1.54) is 38.6 Å². The van der Waals surface area contributed by atoms with Crippen LogP contribution in [-0.4, -0.2) is 41.3 Å². The fourth-order valence-corrected chi connectivity index (χ4v) is 2.66. The van der Waals surface area contributed by atoms with E-state index in [4.69, 9.17) is 5.73 Å². The Morgan fingerprint density at radius 1 is 1.28 bits per heavy atom. The maximum atomic E-state index is 10.0. The van der Waals surface area contributed by atoms with Crippen LogP contribution in [0.1, 0.15) is 59.3 Å². The average molecular weight is 256 g/mol. The number of aliphatic hydroxyl groups is 1. The predicted octanol–water partition coefficient (Wildman–Crippen LogP) is 2.38. The first-order valence-electron chi connectivity index (χ1n) is 7.61. The van der Waals surface area contributed by atoms with Crippen LogP contribution in [0.25, 0.3) is 0 Å². The molecule has 0 aliphatic heterocycles. The van der Waals surface area contributed by atoms with Gasteiger partial charge in [0.2, 0.25) is 0 Å². The highest BCUT2D eigenvalue weighted by molar-refractivity contribution is 4.81. The van der Waals surface area contributed by atoms with Crippen molar-refractivity contribution in [2.45, 2.75) is 70.9 Å². The number of hydrogen-bond acceptors (Lipinski definition) is 3. The molecule has 1 atom stereocenters. The van der Waals surface area contributed by atoms with Gasteiger partial charge in [-0.05, 0) is 45.1 Å². The molecule has 0 aromatic heterocycles. The molecule has 3 N–H and O–H groups in total. The summed E-state index contributed by atoms with van der Waals surface area (Å²) in [5.74, 6) is 0.754. The van der Waals surface area contributed by atoms with Gasteiger partial charge in [-0.15, -0.1) is 0 Å². The van der Waals surface area contributed by atoms with Crippen molar-refractivity contribution in [3.05, 3.63) is 0 Å². The van der Waals surface area contributed by atoms with Gasteiger partial charge in [-0.3, -0.25) is 0 Å². The Labute approximate surface area is 113 Å². The Morgan fingerprint density at radius 3 is 2.39 bits per heavy atom. The molecule has 1 rings (SSSR count). The molecule has 0 amide bonds. The van der Waals surface area contributed by atoms with Gasteiger partial charge in [0, 0.05) is 19.1 Å². The number of rotatable bonds is 8. The van der Waals surface area contributed by atoms with Crippen LogP contribution < -0.4 is 5.73 Å². The Balaban J connectivity index is 2.43.